The number of benzene rings is 1. The lowest BCUT2D eigenvalue weighted by Crippen LogP contribution is -1.92. The fourth-order valence-corrected chi connectivity index (χ4v) is 2.56. The maximum absolute atomic E-state index is 5.33. The number of hydrogen-bond acceptors (Lipinski definition) is 4. The molecule has 3 rings (SSSR count). The summed E-state index contributed by atoms with van der Waals surface area (Å²) in [6.07, 6.45) is 0. The second kappa shape index (κ2) is 3.10. The minimum absolute atomic E-state index is 0.323. The van der Waals surface area contributed by atoms with Gasteiger partial charge < -0.3 is 9.47 Å². The van der Waals surface area contributed by atoms with E-state index in [-0.39, 0.29) is 0 Å². The third-order valence-electron chi connectivity index (χ3n) is 2.39. The van der Waals surface area contributed by atoms with Crippen LogP contribution in [0.25, 0.3) is 10.2 Å². The number of aromatic nitrogens is 1. The Bertz CT molecular complexity index is 478. The van der Waals surface area contributed by atoms with Crippen molar-refractivity contribution in [2.75, 3.05) is 6.79 Å². The van der Waals surface area contributed by atoms with Crippen molar-refractivity contribution in [1.82, 2.24) is 4.98 Å². The smallest absolute Gasteiger partial charge is 0.231 e. The van der Waals surface area contributed by atoms with Crippen molar-refractivity contribution in [2.24, 2.45) is 0 Å². The molecule has 0 unspecified atom stereocenters. The number of nitrogens with zero attached hydrogens (tertiary/aromatic N) is 1. The fraction of sp³-hybridized carbons (Fsp3) is 0.364. The first kappa shape index (κ1) is 8.97. The summed E-state index contributed by atoms with van der Waals surface area (Å²) < 4.78 is 11.8. The van der Waals surface area contributed by atoms with Crippen LogP contribution < -0.4 is 9.47 Å². The van der Waals surface area contributed by atoms with Crippen molar-refractivity contribution in [3.05, 3.63) is 17.1 Å². The lowest BCUT2D eigenvalue weighted by molar-refractivity contribution is 0.174. The molecular weight excluding hydrogens is 210 g/mol. The molecule has 2 heterocycles. The van der Waals surface area contributed by atoms with E-state index in [0.29, 0.717) is 12.7 Å². The molecule has 15 heavy (non-hydrogen) atoms. The SMILES string of the molecule is CC(C)c1nc2cc3c(cc2s1)OCO3. The summed E-state index contributed by atoms with van der Waals surface area (Å²) >= 11 is 1.72. The number of fused-ring (bicyclic) bond motifs is 2. The predicted octanol–water partition coefficient (Wildman–Crippen LogP) is 3.15. The molecule has 0 saturated carbocycles. The van der Waals surface area contributed by atoms with Crippen molar-refractivity contribution in [1.29, 1.82) is 0 Å². The molecule has 0 atom stereocenters. The van der Waals surface area contributed by atoms with Gasteiger partial charge in [-0.2, -0.15) is 0 Å². The van der Waals surface area contributed by atoms with Crippen LogP contribution in [0.1, 0.15) is 24.8 Å². The molecule has 0 bridgehead atoms. The van der Waals surface area contributed by atoms with Gasteiger partial charge in [0.15, 0.2) is 11.5 Å². The lowest BCUT2D eigenvalue weighted by atomic mass is 10.2. The van der Waals surface area contributed by atoms with E-state index < -0.39 is 0 Å². The van der Waals surface area contributed by atoms with Crippen molar-refractivity contribution in [2.45, 2.75) is 19.8 Å². The summed E-state index contributed by atoms with van der Waals surface area (Å²) in [5, 5.41) is 1.16. The molecule has 0 N–H and O–H groups in total. The molecule has 0 amide bonds. The molecule has 0 fully saturated rings. The first-order valence-corrected chi connectivity index (χ1v) is 5.76. The van der Waals surface area contributed by atoms with Gasteiger partial charge in [-0.05, 0) is 0 Å². The van der Waals surface area contributed by atoms with Gasteiger partial charge in [-0.15, -0.1) is 11.3 Å². The summed E-state index contributed by atoms with van der Waals surface area (Å²) in [5.74, 6) is 2.11. The molecule has 1 aliphatic rings. The van der Waals surface area contributed by atoms with Crippen LogP contribution in [-0.2, 0) is 0 Å². The second-order valence-corrected chi connectivity index (χ2v) is 4.94. The van der Waals surface area contributed by atoms with Crippen molar-refractivity contribution < 1.29 is 9.47 Å². The van der Waals surface area contributed by atoms with Gasteiger partial charge in [-0.1, -0.05) is 13.8 Å². The van der Waals surface area contributed by atoms with Crippen LogP contribution >= 0.6 is 11.3 Å². The Labute approximate surface area is 91.7 Å². The van der Waals surface area contributed by atoms with Crippen LogP contribution in [0.3, 0.4) is 0 Å². The first-order chi connectivity index (χ1) is 7.24. The van der Waals surface area contributed by atoms with Crippen LogP contribution in [0.5, 0.6) is 11.5 Å². The van der Waals surface area contributed by atoms with Gasteiger partial charge in [-0.3, -0.25) is 0 Å². The molecule has 1 aromatic carbocycles. The molecule has 0 aliphatic carbocycles. The van der Waals surface area contributed by atoms with Crippen LogP contribution in [0.15, 0.2) is 12.1 Å². The second-order valence-electron chi connectivity index (χ2n) is 3.88. The summed E-state index contributed by atoms with van der Waals surface area (Å²) in [5.41, 5.74) is 1.01. The number of hydrogen-bond donors (Lipinski definition) is 0. The Morgan fingerprint density at radius 1 is 1.27 bits per heavy atom. The van der Waals surface area contributed by atoms with Crippen LogP contribution in [0.4, 0.5) is 0 Å². The minimum Gasteiger partial charge on any atom is -0.454 e. The van der Waals surface area contributed by atoms with Gasteiger partial charge in [0.1, 0.15) is 0 Å². The number of ether oxygens (including phenoxy) is 2. The molecular formula is C11H11NO2S. The minimum atomic E-state index is 0.323. The van der Waals surface area contributed by atoms with E-state index in [2.05, 4.69) is 18.8 Å². The van der Waals surface area contributed by atoms with Gasteiger partial charge in [0.05, 0.1) is 15.2 Å². The molecule has 78 valence electrons. The molecule has 1 aromatic heterocycles. The molecule has 0 spiro atoms. The zero-order valence-corrected chi connectivity index (χ0v) is 9.43. The Kier molecular flexibility index (Phi) is 1.85. The Hall–Kier alpha value is -1.29. The van der Waals surface area contributed by atoms with E-state index >= 15 is 0 Å². The third-order valence-corrected chi connectivity index (χ3v) is 3.71. The largest absolute Gasteiger partial charge is 0.454 e. The normalized spacial score (nSPS) is 14.1. The van der Waals surface area contributed by atoms with Crippen LogP contribution in [0.2, 0.25) is 0 Å². The van der Waals surface area contributed by atoms with Crippen LogP contribution in [-0.4, -0.2) is 11.8 Å². The number of thiazole rings is 1. The monoisotopic (exact) mass is 221 g/mol. The van der Waals surface area contributed by atoms with Gasteiger partial charge in [0.2, 0.25) is 6.79 Å². The van der Waals surface area contributed by atoms with E-state index in [0.717, 1.165) is 22.0 Å². The molecule has 3 nitrogen and oxygen atoms in total. The summed E-state index contributed by atoms with van der Waals surface area (Å²) in [7, 11) is 0. The van der Waals surface area contributed by atoms with Gasteiger partial charge in [-0.25, -0.2) is 4.98 Å². The standard InChI is InChI=1S/C11H11NO2S/c1-6(2)11-12-7-3-8-9(14-5-13-8)4-10(7)15-11/h3-4,6H,5H2,1-2H3. The predicted molar refractivity (Wildman–Crippen MR) is 59.8 cm³/mol. The lowest BCUT2D eigenvalue weighted by Gasteiger charge is -1.94. The highest BCUT2D eigenvalue weighted by Crippen LogP contribution is 2.38. The van der Waals surface area contributed by atoms with E-state index in [1.165, 1.54) is 4.70 Å². The quantitative estimate of drug-likeness (QED) is 0.741. The van der Waals surface area contributed by atoms with Crippen molar-refractivity contribution in [3.63, 3.8) is 0 Å². The molecule has 1 aliphatic heterocycles. The van der Waals surface area contributed by atoms with Crippen molar-refractivity contribution >= 4 is 21.6 Å². The maximum Gasteiger partial charge on any atom is 0.231 e. The van der Waals surface area contributed by atoms with Crippen LogP contribution in [0, 0.1) is 0 Å². The Morgan fingerprint density at radius 2 is 2.00 bits per heavy atom. The first-order valence-electron chi connectivity index (χ1n) is 4.94. The summed E-state index contributed by atoms with van der Waals surface area (Å²) in [4.78, 5) is 4.57. The highest BCUT2D eigenvalue weighted by Gasteiger charge is 2.16. The average Bonchev–Trinajstić information content (AvgIpc) is 2.77. The highest BCUT2D eigenvalue weighted by molar-refractivity contribution is 7.18. The highest BCUT2D eigenvalue weighted by atomic mass is 32.1. The molecule has 2 aromatic rings. The van der Waals surface area contributed by atoms with Gasteiger partial charge in [0, 0.05) is 18.1 Å². The third kappa shape index (κ3) is 1.36. The van der Waals surface area contributed by atoms with E-state index in [4.69, 9.17) is 9.47 Å². The van der Waals surface area contributed by atoms with E-state index in [1.807, 2.05) is 12.1 Å². The topological polar surface area (TPSA) is 31.4 Å². The average molecular weight is 221 g/mol. The number of rotatable bonds is 1. The van der Waals surface area contributed by atoms with Gasteiger partial charge >= 0.3 is 0 Å². The van der Waals surface area contributed by atoms with Crippen molar-refractivity contribution in [3.8, 4) is 11.5 Å². The molecule has 4 heteroatoms. The zero-order chi connectivity index (χ0) is 10.4. The molecule has 0 radical (unpaired) electrons. The summed E-state index contributed by atoms with van der Waals surface area (Å²) in [6, 6.07) is 3.97. The Balaban J connectivity index is 2.20. The maximum atomic E-state index is 5.33. The van der Waals surface area contributed by atoms with E-state index in [1.54, 1.807) is 11.3 Å². The molecule has 0 saturated heterocycles. The Morgan fingerprint density at radius 3 is 2.73 bits per heavy atom. The summed E-state index contributed by atoms with van der Waals surface area (Å²) in [6.45, 7) is 4.63. The van der Waals surface area contributed by atoms with E-state index in [9.17, 15) is 0 Å². The zero-order valence-electron chi connectivity index (χ0n) is 8.61. The fourth-order valence-electron chi connectivity index (χ4n) is 1.58. The van der Waals surface area contributed by atoms with Gasteiger partial charge in [0.25, 0.3) is 0 Å².